The van der Waals surface area contributed by atoms with Crippen LogP contribution in [0, 0.1) is 11.7 Å². The second kappa shape index (κ2) is 5.26. The van der Waals surface area contributed by atoms with Crippen LogP contribution in [0.3, 0.4) is 0 Å². The highest BCUT2D eigenvalue weighted by atomic mass is 19.1. The van der Waals surface area contributed by atoms with Gasteiger partial charge in [-0.3, -0.25) is 0 Å². The Balaban J connectivity index is 2.18. The molecular weight excluding hydrogens is 201 g/mol. The first-order valence-corrected chi connectivity index (χ1v) is 5.94. The summed E-state index contributed by atoms with van der Waals surface area (Å²) < 4.78 is 12.9. The summed E-state index contributed by atoms with van der Waals surface area (Å²) in [5, 5.41) is 3.37. The van der Waals surface area contributed by atoms with E-state index in [9.17, 15) is 4.39 Å². The molecule has 1 aromatic carbocycles. The van der Waals surface area contributed by atoms with Gasteiger partial charge in [0.05, 0.1) is 0 Å². The number of rotatable bonds is 2. The molecule has 0 aromatic heterocycles. The summed E-state index contributed by atoms with van der Waals surface area (Å²) >= 11 is 0. The number of halogens is 1. The largest absolute Gasteiger partial charge is 0.317 e. The first-order chi connectivity index (χ1) is 7.81. The van der Waals surface area contributed by atoms with Crippen LogP contribution in [0.1, 0.15) is 25.3 Å². The molecule has 1 N–H and O–H groups in total. The molecule has 16 heavy (non-hydrogen) atoms. The van der Waals surface area contributed by atoms with Crippen molar-refractivity contribution in [3.8, 4) is 0 Å². The van der Waals surface area contributed by atoms with Crippen LogP contribution in [0.5, 0.6) is 0 Å². The third-order valence-electron chi connectivity index (χ3n) is 3.27. The van der Waals surface area contributed by atoms with E-state index in [0.717, 1.165) is 18.7 Å². The molecule has 1 aliphatic heterocycles. The van der Waals surface area contributed by atoms with E-state index in [2.05, 4.69) is 18.3 Å². The summed E-state index contributed by atoms with van der Waals surface area (Å²) in [5.41, 5.74) is 2.53. The van der Waals surface area contributed by atoms with Crippen LogP contribution in [-0.4, -0.2) is 13.1 Å². The lowest BCUT2D eigenvalue weighted by atomic mass is 9.85. The molecule has 1 saturated heterocycles. The summed E-state index contributed by atoms with van der Waals surface area (Å²) in [6.45, 7) is 4.24. The molecule has 0 radical (unpaired) electrons. The van der Waals surface area contributed by atoms with Crippen molar-refractivity contribution >= 4 is 5.57 Å². The zero-order valence-electron chi connectivity index (χ0n) is 9.67. The molecule has 0 saturated carbocycles. The van der Waals surface area contributed by atoms with Gasteiger partial charge in [0.1, 0.15) is 5.82 Å². The van der Waals surface area contributed by atoms with E-state index in [1.807, 2.05) is 12.1 Å². The van der Waals surface area contributed by atoms with Crippen molar-refractivity contribution in [3.05, 3.63) is 41.7 Å². The highest BCUT2D eigenvalue weighted by Gasteiger charge is 2.17. The van der Waals surface area contributed by atoms with Gasteiger partial charge in [-0.25, -0.2) is 4.39 Å². The summed E-state index contributed by atoms with van der Waals surface area (Å²) in [6, 6.07) is 6.85. The molecule has 2 rings (SSSR count). The molecule has 0 aliphatic carbocycles. The fraction of sp³-hybridized carbons (Fsp3) is 0.429. The maximum Gasteiger partial charge on any atom is 0.123 e. The predicted octanol–water partition coefficient (Wildman–Crippen LogP) is 3.23. The highest BCUT2D eigenvalue weighted by molar-refractivity contribution is 5.67. The molecule has 1 fully saturated rings. The van der Waals surface area contributed by atoms with Crippen molar-refractivity contribution in [1.29, 1.82) is 0 Å². The number of benzene rings is 1. The molecule has 0 unspecified atom stereocenters. The summed E-state index contributed by atoms with van der Waals surface area (Å²) in [6.07, 6.45) is 4.53. The lowest BCUT2D eigenvalue weighted by molar-refractivity contribution is 0.446. The molecule has 0 spiro atoms. The van der Waals surface area contributed by atoms with Gasteiger partial charge >= 0.3 is 0 Å². The molecule has 2 heteroatoms. The van der Waals surface area contributed by atoms with Crippen molar-refractivity contribution < 1.29 is 4.39 Å². The van der Waals surface area contributed by atoms with Gasteiger partial charge in [-0.05, 0) is 62.0 Å². The van der Waals surface area contributed by atoms with Crippen molar-refractivity contribution in [2.75, 3.05) is 13.1 Å². The van der Waals surface area contributed by atoms with Crippen LogP contribution in [-0.2, 0) is 0 Å². The minimum atomic E-state index is -0.162. The summed E-state index contributed by atoms with van der Waals surface area (Å²) in [7, 11) is 0. The molecule has 1 aliphatic rings. The molecule has 86 valence electrons. The molecular formula is C14H18FN. The third kappa shape index (κ3) is 2.50. The SMILES string of the molecule is CC=C(c1ccc(F)cc1)C1CCNCC1. The van der Waals surface area contributed by atoms with Gasteiger partial charge in [0, 0.05) is 0 Å². The first kappa shape index (κ1) is 11.3. The van der Waals surface area contributed by atoms with Gasteiger partial charge < -0.3 is 5.32 Å². The molecule has 0 bridgehead atoms. The van der Waals surface area contributed by atoms with E-state index < -0.39 is 0 Å². The Morgan fingerprint density at radius 2 is 1.88 bits per heavy atom. The van der Waals surface area contributed by atoms with Gasteiger partial charge in [0.15, 0.2) is 0 Å². The average Bonchev–Trinajstić information content (AvgIpc) is 2.34. The lowest BCUT2D eigenvalue weighted by Gasteiger charge is -2.25. The van der Waals surface area contributed by atoms with Gasteiger partial charge in [0.25, 0.3) is 0 Å². The Hall–Kier alpha value is -1.15. The molecule has 1 nitrogen and oxygen atoms in total. The van der Waals surface area contributed by atoms with E-state index in [-0.39, 0.29) is 5.82 Å². The summed E-state index contributed by atoms with van der Waals surface area (Å²) in [4.78, 5) is 0. The Labute approximate surface area is 96.4 Å². The Morgan fingerprint density at radius 1 is 1.25 bits per heavy atom. The zero-order chi connectivity index (χ0) is 11.4. The predicted molar refractivity (Wildman–Crippen MR) is 65.6 cm³/mol. The van der Waals surface area contributed by atoms with Crippen LogP contribution < -0.4 is 5.32 Å². The Morgan fingerprint density at radius 3 is 2.44 bits per heavy atom. The van der Waals surface area contributed by atoms with Crippen LogP contribution >= 0.6 is 0 Å². The number of hydrogen-bond donors (Lipinski definition) is 1. The fourth-order valence-corrected chi connectivity index (χ4v) is 2.41. The summed E-state index contributed by atoms with van der Waals surface area (Å²) in [5.74, 6) is 0.459. The number of hydrogen-bond acceptors (Lipinski definition) is 1. The number of piperidine rings is 1. The third-order valence-corrected chi connectivity index (χ3v) is 3.27. The second-order valence-electron chi connectivity index (χ2n) is 4.28. The maximum absolute atomic E-state index is 12.9. The van der Waals surface area contributed by atoms with Crippen LogP contribution in [0.25, 0.3) is 5.57 Å². The standard InChI is InChI=1S/C14H18FN/c1-2-14(12-7-9-16-10-8-12)11-3-5-13(15)6-4-11/h2-6,12,16H,7-10H2,1H3. The van der Waals surface area contributed by atoms with Crippen molar-refractivity contribution in [2.24, 2.45) is 5.92 Å². The first-order valence-electron chi connectivity index (χ1n) is 5.94. The van der Waals surface area contributed by atoms with Crippen molar-refractivity contribution in [2.45, 2.75) is 19.8 Å². The minimum Gasteiger partial charge on any atom is -0.317 e. The van der Waals surface area contributed by atoms with Gasteiger partial charge in [-0.1, -0.05) is 18.2 Å². The monoisotopic (exact) mass is 219 g/mol. The zero-order valence-corrected chi connectivity index (χ0v) is 9.67. The van der Waals surface area contributed by atoms with Crippen molar-refractivity contribution in [3.63, 3.8) is 0 Å². The average molecular weight is 219 g/mol. The van der Waals surface area contributed by atoms with Crippen LogP contribution in [0.15, 0.2) is 30.3 Å². The minimum absolute atomic E-state index is 0.162. The lowest BCUT2D eigenvalue weighted by Crippen LogP contribution is -2.28. The van der Waals surface area contributed by atoms with Crippen molar-refractivity contribution in [1.82, 2.24) is 5.32 Å². The van der Waals surface area contributed by atoms with Gasteiger partial charge in [-0.15, -0.1) is 0 Å². The van der Waals surface area contributed by atoms with E-state index in [0.29, 0.717) is 5.92 Å². The van der Waals surface area contributed by atoms with Gasteiger partial charge in [0.2, 0.25) is 0 Å². The topological polar surface area (TPSA) is 12.0 Å². The highest BCUT2D eigenvalue weighted by Crippen LogP contribution is 2.29. The van der Waals surface area contributed by atoms with E-state index in [1.54, 1.807) is 12.1 Å². The second-order valence-corrected chi connectivity index (χ2v) is 4.28. The molecule has 0 atom stereocenters. The Bertz CT molecular complexity index is 361. The number of allylic oxidation sites excluding steroid dienone is 2. The van der Waals surface area contributed by atoms with E-state index in [1.165, 1.54) is 18.4 Å². The van der Waals surface area contributed by atoms with Crippen LogP contribution in [0.2, 0.25) is 0 Å². The normalized spacial score (nSPS) is 18.8. The smallest absolute Gasteiger partial charge is 0.123 e. The molecule has 1 heterocycles. The molecule has 1 aromatic rings. The van der Waals surface area contributed by atoms with Crippen LogP contribution in [0.4, 0.5) is 4.39 Å². The maximum atomic E-state index is 12.9. The quantitative estimate of drug-likeness (QED) is 0.805. The van der Waals surface area contributed by atoms with Gasteiger partial charge in [-0.2, -0.15) is 0 Å². The fourth-order valence-electron chi connectivity index (χ4n) is 2.41. The number of nitrogens with one attached hydrogen (secondary N) is 1. The van der Waals surface area contributed by atoms with E-state index >= 15 is 0 Å². The Kier molecular flexibility index (Phi) is 3.73. The molecule has 0 amide bonds. The van der Waals surface area contributed by atoms with E-state index in [4.69, 9.17) is 0 Å².